The highest BCUT2D eigenvalue weighted by atomic mass is 127. The Morgan fingerprint density at radius 2 is 2.07 bits per heavy atom. The summed E-state index contributed by atoms with van der Waals surface area (Å²) >= 11 is 2.00. The number of carbonyl (C=O) groups excluding carboxylic acids is 1. The van der Waals surface area contributed by atoms with Crippen molar-refractivity contribution in [3.8, 4) is 0 Å². The lowest BCUT2D eigenvalue weighted by Gasteiger charge is -2.02. The highest BCUT2D eigenvalue weighted by Crippen LogP contribution is 2.24. The summed E-state index contributed by atoms with van der Waals surface area (Å²) in [5, 5.41) is 10.6. The molecule has 1 aromatic carbocycles. The van der Waals surface area contributed by atoms with E-state index < -0.39 is 4.92 Å². The molecule has 0 aliphatic heterocycles. The molecule has 0 aliphatic carbocycles. The highest BCUT2D eigenvalue weighted by Gasteiger charge is 2.16. The van der Waals surface area contributed by atoms with E-state index in [2.05, 4.69) is 0 Å². The van der Waals surface area contributed by atoms with Crippen LogP contribution >= 0.6 is 22.6 Å². The Hall–Kier alpha value is -0.980. The smallest absolute Gasteiger partial charge is 0.273 e. The van der Waals surface area contributed by atoms with Gasteiger partial charge in [0.05, 0.1) is 4.92 Å². The lowest BCUT2D eigenvalue weighted by molar-refractivity contribution is -0.385. The molecule has 1 rings (SSSR count). The van der Waals surface area contributed by atoms with Crippen LogP contribution in [0, 0.1) is 20.6 Å². The van der Waals surface area contributed by atoms with Gasteiger partial charge in [-0.3, -0.25) is 14.9 Å². The van der Waals surface area contributed by atoms with Crippen LogP contribution in [0.25, 0.3) is 0 Å². The summed E-state index contributed by atoms with van der Waals surface area (Å²) in [4.78, 5) is 21.3. The minimum Gasteiger partial charge on any atom is -0.294 e. The molecule has 0 aliphatic rings. The van der Waals surface area contributed by atoms with E-state index in [9.17, 15) is 14.9 Å². The average molecular weight is 305 g/mol. The normalized spacial score (nSPS) is 9.93. The molecule has 0 saturated carbocycles. The van der Waals surface area contributed by atoms with Gasteiger partial charge in [-0.1, -0.05) is 0 Å². The molecule has 1 aromatic rings. The molecule has 0 saturated heterocycles. The van der Waals surface area contributed by atoms with Crippen LogP contribution < -0.4 is 0 Å². The Morgan fingerprint density at radius 3 is 2.50 bits per heavy atom. The number of nitro benzene ring substituents is 1. The molecular formula is C9H8INO3. The summed E-state index contributed by atoms with van der Waals surface area (Å²) in [5.74, 6) is -0.155. The number of nitrogens with zero attached hydrogens (tertiary/aromatic N) is 1. The standard InChI is InChI=1S/C9H8INO3/c1-5-3-8(10)7(6(2)12)4-9(5)11(13)14/h3-4H,1-2H3. The van der Waals surface area contributed by atoms with Gasteiger partial charge in [-0.05, 0) is 42.5 Å². The predicted molar refractivity (Wildman–Crippen MR) is 60.6 cm³/mol. The lowest BCUT2D eigenvalue weighted by atomic mass is 10.1. The second kappa shape index (κ2) is 4.04. The van der Waals surface area contributed by atoms with Crippen LogP contribution in [0.2, 0.25) is 0 Å². The van der Waals surface area contributed by atoms with E-state index in [-0.39, 0.29) is 11.5 Å². The largest absolute Gasteiger partial charge is 0.294 e. The van der Waals surface area contributed by atoms with Crippen LogP contribution in [0.5, 0.6) is 0 Å². The maximum absolute atomic E-state index is 11.1. The van der Waals surface area contributed by atoms with Crippen LogP contribution in [-0.2, 0) is 0 Å². The molecule has 0 amide bonds. The maximum Gasteiger partial charge on any atom is 0.273 e. The summed E-state index contributed by atoms with van der Waals surface area (Å²) in [6, 6.07) is 2.98. The Morgan fingerprint density at radius 1 is 1.50 bits per heavy atom. The predicted octanol–water partition coefficient (Wildman–Crippen LogP) is 2.71. The fourth-order valence-corrected chi connectivity index (χ4v) is 2.13. The zero-order valence-corrected chi connectivity index (χ0v) is 9.86. The lowest BCUT2D eigenvalue weighted by Crippen LogP contribution is -2.00. The number of nitro groups is 1. The van der Waals surface area contributed by atoms with Gasteiger partial charge in [-0.2, -0.15) is 0 Å². The third kappa shape index (κ3) is 2.09. The summed E-state index contributed by atoms with van der Waals surface area (Å²) in [5.41, 5.74) is 0.975. The summed E-state index contributed by atoms with van der Waals surface area (Å²) in [6.45, 7) is 3.06. The summed E-state index contributed by atoms with van der Waals surface area (Å²) in [7, 11) is 0. The van der Waals surface area contributed by atoms with E-state index in [1.165, 1.54) is 13.0 Å². The zero-order chi connectivity index (χ0) is 10.9. The van der Waals surface area contributed by atoms with E-state index in [0.29, 0.717) is 11.1 Å². The number of hydrogen-bond acceptors (Lipinski definition) is 3. The second-order valence-corrected chi connectivity index (χ2v) is 4.09. The van der Waals surface area contributed by atoms with Gasteiger partial charge >= 0.3 is 0 Å². The number of hydrogen-bond donors (Lipinski definition) is 0. The highest BCUT2D eigenvalue weighted by molar-refractivity contribution is 14.1. The van der Waals surface area contributed by atoms with Gasteiger partial charge in [0.2, 0.25) is 0 Å². The van der Waals surface area contributed by atoms with E-state index in [0.717, 1.165) is 3.57 Å². The quantitative estimate of drug-likeness (QED) is 0.365. The van der Waals surface area contributed by atoms with Crippen molar-refractivity contribution in [2.45, 2.75) is 13.8 Å². The van der Waals surface area contributed by atoms with Crippen molar-refractivity contribution in [2.75, 3.05) is 0 Å². The topological polar surface area (TPSA) is 60.2 Å². The summed E-state index contributed by atoms with van der Waals surface area (Å²) in [6.07, 6.45) is 0. The minimum atomic E-state index is -0.474. The fraction of sp³-hybridized carbons (Fsp3) is 0.222. The third-order valence-electron chi connectivity index (χ3n) is 1.86. The first-order valence-corrected chi connectivity index (χ1v) is 4.97. The molecule has 0 radical (unpaired) electrons. The fourth-order valence-electron chi connectivity index (χ4n) is 1.13. The number of ketones is 1. The monoisotopic (exact) mass is 305 g/mol. The van der Waals surface area contributed by atoms with Gasteiger partial charge in [0, 0.05) is 20.8 Å². The van der Waals surface area contributed by atoms with Crippen molar-refractivity contribution in [1.29, 1.82) is 0 Å². The second-order valence-electron chi connectivity index (χ2n) is 2.93. The first-order valence-electron chi connectivity index (χ1n) is 3.89. The van der Waals surface area contributed by atoms with Crippen molar-refractivity contribution in [2.24, 2.45) is 0 Å². The Balaban J connectivity index is 3.42. The Bertz CT molecular complexity index is 380. The number of carbonyl (C=O) groups is 1. The van der Waals surface area contributed by atoms with Crippen LogP contribution in [0.4, 0.5) is 5.69 Å². The van der Waals surface area contributed by atoms with Gasteiger partial charge in [-0.15, -0.1) is 0 Å². The van der Waals surface area contributed by atoms with Gasteiger partial charge in [0.1, 0.15) is 0 Å². The number of rotatable bonds is 2. The molecule has 0 atom stereocenters. The van der Waals surface area contributed by atoms with E-state index >= 15 is 0 Å². The van der Waals surface area contributed by atoms with Gasteiger partial charge < -0.3 is 0 Å². The van der Waals surface area contributed by atoms with Gasteiger partial charge in [0.15, 0.2) is 5.78 Å². The molecule has 0 aromatic heterocycles. The molecular weight excluding hydrogens is 297 g/mol. The van der Waals surface area contributed by atoms with E-state index in [1.54, 1.807) is 13.0 Å². The number of halogens is 1. The third-order valence-corrected chi connectivity index (χ3v) is 2.75. The Labute approximate surface area is 94.6 Å². The van der Waals surface area contributed by atoms with Crippen molar-refractivity contribution >= 4 is 34.1 Å². The first-order chi connectivity index (χ1) is 6.43. The molecule has 5 heteroatoms. The molecule has 0 spiro atoms. The molecule has 0 fully saturated rings. The molecule has 0 bridgehead atoms. The van der Waals surface area contributed by atoms with Gasteiger partial charge in [-0.25, -0.2) is 0 Å². The van der Waals surface area contributed by atoms with Crippen LogP contribution in [0.3, 0.4) is 0 Å². The van der Waals surface area contributed by atoms with Crippen molar-refractivity contribution in [3.05, 3.63) is 36.9 Å². The van der Waals surface area contributed by atoms with E-state index in [4.69, 9.17) is 0 Å². The van der Waals surface area contributed by atoms with E-state index in [1.807, 2.05) is 22.6 Å². The molecule has 0 N–H and O–H groups in total. The van der Waals surface area contributed by atoms with Crippen LogP contribution in [0.15, 0.2) is 12.1 Å². The SMILES string of the molecule is CC(=O)c1cc([N+](=O)[O-])c(C)cc1I. The van der Waals surface area contributed by atoms with Crippen molar-refractivity contribution in [1.82, 2.24) is 0 Å². The van der Waals surface area contributed by atoms with Gasteiger partial charge in [0.25, 0.3) is 5.69 Å². The van der Waals surface area contributed by atoms with Crippen LogP contribution in [0.1, 0.15) is 22.8 Å². The van der Waals surface area contributed by atoms with Crippen molar-refractivity contribution < 1.29 is 9.72 Å². The average Bonchev–Trinajstić information content (AvgIpc) is 2.02. The summed E-state index contributed by atoms with van der Waals surface area (Å²) < 4.78 is 0.748. The molecule has 14 heavy (non-hydrogen) atoms. The van der Waals surface area contributed by atoms with Crippen molar-refractivity contribution in [3.63, 3.8) is 0 Å². The zero-order valence-electron chi connectivity index (χ0n) is 7.70. The molecule has 0 unspecified atom stereocenters. The van der Waals surface area contributed by atoms with Crippen LogP contribution in [-0.4, -0.2) is 10.7 Å². The first kappa shape index (κ1) is 11.1. The molecule has 0 heterocycles. The number of aryl methyl sites for hydroxylation is 1. The number of Topliss-reactive ketones (excluding diaryl/α,β-unsaturated/α-hetero) is 1. The Kier molecular flexibility index (Phi) is 3.20. The maximum atomic E-state index is 11.1. The molecule has 4 nitrogen and oxygen atoms in total. The molecule has 74 valence electrons. The number of benzene rings is 1. The minimum absolute atomic E-state index is 0.00406.